The van der Waals surface area contributed by atoms with Crippen LogP contribution in [0.5, 0.6) is 0 Å². The Morgan fingerprint density at radius 1 is 0.897 bits per heavy atom. The van der Waals surface area contributed by atoms with Gasteiger partial charge in [-0.15, -0.1) is 0 Å². The molecule has 3 N–H and O–H groups in total. The highest BCUT2D eigenvalue weighted by Crippen LogP contribution is 2.32. The Labute approximate surface area is 172 Å². The number of hydrogen-bond acceptors (Lipinski definition) is 7. The second kappa shape index (κ2) is 8.69. The number of esters is 1. The van der Waals surface area contributed by atoms with E-state index in [0.717, 1.165) is 0 Å². The van der Waals surface area contributed by atoms with Gasteiger partial charge in [0.25, 0.3) is 5.91 Å². The molecule has 0 bridgehead atoms. The smallest absolute Gasteiger partial charge is 0.418 e. The van der Waals surface area contributed by atoms with Gasteiger partial charge in [0.15, 0.2) is 0 Å². The van der Waals surface area contributed by atoms with Gasteiger partial charge in [-0.05, 0) is 67.7 Å². The Morgan fingerprint density at radius 3 is 1.59 bits per heavy atom. The second-order valence-electron chi connectivity index (χ2n) is 10.1. The number of imide groups is 1. The third-order valence-corrected chi connectivity index (χ3v) is 3.51. The van der Waals surface area contributed by atoms with Crippen LogP contribution in [0.15, 0.2) is 0 Å². The van der Waals surface area contributed by atoms with Crippen molar-refractivity contribution in [2.45, 2.75) is 97.9 Å². The Kier molecular flexibility index (Phi) is 8.04. The van der Waals surface area contributed by atoms with Crippen molar-refractivity contribution in [3.05, 3.63) is 0 Å². The zero-order chi connectivity index (χ0) is 23.6. The molecule has 0 rings (SSSR count). The van der Waals surface area contributed by atoms with Crippen molar-refractivity contribution in [2.24, 2.45) is 11.7 Å². The largest absolute Gasteiger partial charge is 0.479 e. The minimum atomic E-state index is -2.64. The van der Waals surface area contributed by atoms with Crippen LogP contribution in [0.1, 0.15) is 75.7 Å². The van der Waals surface area contributed by atoms with E-state index in [9.17, 15) is 24.3 Å². The molecule has 0 saturated carbocycles. The molecule has 168 valence electrons. The van der Waals surface area contributed by atoms with Gasteiger partial charge in [-0.1, -0.05) is 13.8 Å². The van der Waals surface area contributed by atoms with Gasteiger partial charge in [0.1, 0.15) is 11.2 Å². The van der Waals surface area contributed by atoms with Crippen molar-refractivity contribution in [1.82, 2.24) is 4.90 Å². The number of carboxylic acid groups (broad SMARTS) is 1. The molecular formula is C20H36N2O7. The lowest BCUT2D eigenvalue weighted by Crippen LogP contribution is -2.70. The zero-order valence-electron chi connectivity index (χ0n) is 19.2. The van der Waals surface area contributed by atoms with Crippen LogP contribution < -0.4 is 5.73 Å². The van der Waals surface area contributed by atoms with Crippen LogP contribution in [0.4, 0.5) is 4.79 Å². The molecule has 1 atom stereocenters. The minimum absolute atomic E-state index is 0.314. The molecule has 0 aromatic rings. The molecule has 0 radical (unpaired) electrons. The van der Waals surface area contributed by atoms with Gasteiger partial charge in [0.05, 0.1) is 5.54 Å². The lowest BCUT2D eigenvalue weighted by molar-refractivity contribution is -0.184. The quantitative estimate of drug-likeness (QED) is 0.498. The van der Waals surface area contributed by atoms with Crippen molar-refractivity contribution in [3.63, 3.8) is 0 Å². The van der Waals surface area contributed by atoms with Gasteiger partial charge < -0.3 is 20.3 Å². The van der Waals surface area contributed by atoms with Crippen molar-refractivity contribution in [3.8, 4) is 0 Å². The fourth-order valence-electron chi connectivity index (χ4n) is 2.50. The molecule has 9 nitrogen and oxygen atoms in total. The molecule has 0 aliphatic carbocycles. The Balaban J connectivity index is 6.91. The summed E-state index contributed by atoms with van der Waals surface area (Å²) in [5.74, 6) is -4.41. The van der Waals surface area contributed by atoms with E-state index in [1.165, 1.54) is 13.8 Å². The van der Waals surface area contributed by atoms with Crippen LogP contribution in [-0.2, 0) is 23.9 Å². The number of ether oxygens (including phenoxy) is 2. The van der Waals surface area contributed by atoms with E-state index in [2.05, 4.69) is 0 Å². The fraction of sp³-hybridized carbons (Fsp3) is 0.800. The van der Waals surface area contributed by atoms with E-state index in [-0.39, 0.29) is 6.42 Å². The lowest BCUT2D eigenvalue weighted by Gasteiger charge is -2.41. The van der Waals surface area contributed by atoms with E-state index in [4.69, 9.17) is 15.2 Å². The molecular weight excluding hydrogens is 380 g/mol. The highest BCUT2D eigenvalue weighted by atomic mass is 16.6. The maximum Gasteiger partial charge on any atom is 0.418 e. The van der Waals surface area contributed by atoms with Crippen LogP contribution >= 0.6 is 0 Å². The van der Waals surface area contributed by atoms with E-state index < -0.39 is 52.1 Å². The summed E-state index contributed by atoms with van der Waals surface area (Å²) in [5, 5.41) is 10.1. The number of carbonyl (C=O) groups is 4. The minimum Gasteiger partial charge on any atom is -0.479 e. The first-order valence-electron chi connectivity index (χ1n) is 9.48. The molecule has 0 heterocycles. The number of amides is 2. The maximum atomic E-state index is 13.2. The van der Waals surface area contributed by atoms with Gasteiger partial charge >= 0.3 is 18.0 Å². The summed E-state index contributed by atoms with van der Waals surface area (Å²) in [4.78, 5) is 52.1. The van der Waals surface area contributed by atoms with Crippen LogP contribution in [0, 0.1) is 5.92 Å². The molecule has 0 saturated heterocycles. The summed E-state index contributed by atoms with van der Waals surface area (Å²) in [6.07, 6.45) is -1.66. The number of carboxylic acids is 1. The molecule has 0 aliphatic rings. The SMILES string of the molecule is CC(C)CC(C(=O)O)(C(=O)OC(C)(C)C)N(C(=O)OC(C)(C)C)C(=O)C(C)(C)N. The molecule has 0 spiro atoms. The van der Waals surface area contributed by atoms with Gasteiger partial charge in [-0.25, -0.2) is 19.3 Å². The Morgan fingerprint density at radius 2 is 1.31 bits per heavy atom. The molecule has 0 aromatic heterocycles. The summed E-state index contributed by atoms with van der Waals surface area (Å²) in [6.45, 7) is 15.3. The molecule has 0 fully saturated rings. The van der Waals surface area contributed by atoms with Gasteiger partial charge in [-0.3, -0.25) is 4.79 Å². The Hall–Kier alpha value is -2.16. The monoisotopic (exact) mass is 416 g/mol. The van der Waals surface area contributed by atoms with Crippen molar-refractivity contribution >= 4 is 23.9 Å². The van der Waals surface area contributed by atoms with E-state index in [0.29, 0.717) is 4.90 Å². The third kappa shape index (κ3) is 7.30. The maximum absolute atomic E-state index is 13.2. The summed E-state index contributed by atoms with van der Waals surface area (Å²) in [5.41, 5.74) is -0.516. The van der Waals surface area contributed by atoms with Gasteiger partial charge in [0.2, 0.25) is 5.54 Å². The Bertz CT molecular complexity index is 651. The average molecular weight is 417 g/mol. The number of nitrogens with two attached hydrogens (primary N) is 1. The first-order valence-corrected chi connectivity index (χ1v) is 9.48. The molecule has 0 aliphatic heterocycles. The average Bonchev–Trinajstić information content (AvgIpc) is 2.40. The van der Waals surface area contributed by atoms with Crippen LogP contribution in [0.25, 0.3) is 0 Å². The van der Waals surface area contributed by atoms with Gasteiger partial charge in [0, 0.05) is 0 Å². The third-order valence-electron chi connectivity index (χ3n) is 3.51. The highest BCUT2D eigenvalue weighted by molar-refractivity contribution is 6.13. The number of aliphatic carboxylic acids is 1. The highest BCUT2D eigenvalue weighted by Gasteiger charge is 2.60. The normalized spacial score (nSPS) is 14.8. The van der Waals surface area contributed by atoms with Crippen LogP contribution in [-0.4, -0.2) is 56.2 Å². The fourth-order valence-corrected chi connectivity index (χ4v) is 2.50. The number of hydrogen-bond donors (Lipinski definition) is 2. The molecule has 9 heteroatoms. The molecule has 2 amide bonds. The van der Waals surface area contributed by atoms with Crippen LogP contribution in [0.3, 0.4) is 0 Å². The number of carbonyl (C=O) groups excluding carboxylic acids is 3. The van der Waals surface area contributed by atoms with E-state index >= 15 is 0 Å². The second-order valence-corrected chi connectivity index (χ2v) is 10.1. The van der Waals surface area contributed by atoms with Crippen molar-refractivity contribution < 1.29 is 33.8 Å². The first-order chi connectivity index (χ1) is 12.6. The number of rotatable bonds is 6. The lowest BCUT2D eigenvalue weighted by atomic mass is 9.85. The van der Waals surface area contributed by atoms with E-state index in [1.807, 2.05) is 0 Å². The predicted octanol–water partition coefficient (Wildman–Crippen LogP) is 2.70. The summed E-state index contributed by atoms with van der Waals surface area (Å²) >= 11 is 0. The van der Waals surface area contributed by atoms with Crippen molar-refractivity contribution in [1.29, 1.82) is 0 Å². The van der Waals surface area contributed by atoms with Crippen LogP contribution in [0.2, 0.25) is 0 Å². The van der Waals surface area contributed by atoms with E-state index in [1.54, 1.807) is 55.4 Å². The summed E-state index contributed by atoms with van der Waals surface area (Å²) < 4.78 is 10.6. The van der Waals surface area contributed by atoms with Gasteiger partial charge in [-0.2, -0.15) is 0 Å². The molecule has 29 heavy (non-hydrogen) atoms. The number of nitrogens with zero attached hydrogens (tertiary/aromatic N) is 1. The molecule has 0 aromatic carbocycles. The predicted molar refractivity (Wildman–Crippen MR) is 107 cm³/mol. The topological polar surface area (TPSA) is 136 Å². The molecule has 1 unspecified atom stereocenters. The van der Waals surface area contributed by atoms with Crippen molar-refractivity contribution in [2.75, 3.05) is 0 Å². The summed E-state index contributed by atoms with van der Waals surface area (Å²) in [7, 11) is 0. The first kappa shape index (κ1) is 26.8. The zero-order valence-corrected chi connectivity index (χ0v) is 19.2. The standard InChI is InChI=1S/C20H36N2O7/c1-12(2)11-20(14(24)25,15(26)28-17(3,4)5)22(13(23)19(9,10)21)16(27)29-18(6,7)8/h12H,11,21H2,1-10H3,(H,24,25). The summed E-state index contributed by atoms with van der Waals surface area (Å²) in [6, 6.07) is 0.